The SMILES string of the molecule is C=CCNC(=O)c1ccc(Oc2ccc(C(=O)NCC=C)cc2)cc1. The zero-order valence-electron chi connectivity index (χ0n) is 13.8. The first-order valence-electron chi connectivity index (χ1n) is 7.80. The first kappa shape index (κ1) is 18.0. The maximum Gasteiger partial charge on any atom is 0.251 e. The van der Waals surface area contributed by atoms with Gasteiger partial charge in [-0.3, -0.25) is 9.59 Å². The molecule has 0 atom stereocenters. The normalized spacial score (nSPS) is 9.76. The molecule has 2 N–H and O–H groups in total. The predicted molar refractivity (Wildman–Crippen MR) is 98.0 cm³/mol. The summed E-state index contributed by atoms with van der Waals surface area (Å²) in [5.41, 5.74) is 1.09. The molecule has 0 heterocycles. The van der Waals surface area contributed by atoms with Crippen LogP contribution in [0.5, 0.6) is 11.5 Å². The van der Waals surface area contributed by atoms with Crippen LogP contribution in [0.1, 0.15) is 20.7 Å². The summed E-state index contributed by atoms with van der Waals surface area (Å²) in [6, 6.07) is 13.6. The molecule has 25 heavy (non-hydrogen) atoms. The lowest BCUT2D eigenvalue weighted by Gasteiger charge is -2.08. The van der Waals surface area contributed by atoms with Crippen molar-refractivity contribution in [3.05, 3.63) is 85.0 Å². The van der Waals surface area contributed by atoms with Crippen LogP contribution in [0.2, 0.25) is 0 Å². The topological polar surface area (TPSA) is 67.4 Å². The van der Waals surface area contributed by atoms with E-state index in [0.29, 0.717) is 35.7 Å². The molecule has 2 aromatic rings. The molecule has 0 aromatic heterocycles. The Bertz CT molecular complexity index is 684. The fraction of sp³-hybridized carbons (Fsp3) is 0.100. The molecule has 5 nitrogen and oxygen atoms in total. The van der Waals surface area contributed by atoms with E-state index >= 15 is 0 Å². The summed E-state index contributed by atoms with van der Waals surface area (Å²) < 4.78 is 5.71. The van der Waals surface area contributed by atoms with Gasteiger partial charge in [0.05, 0.1) is 0 Å². The average molecular weight is 336 g/mol. The molecule has 2 rings (SSSR count). The zero-order chi connectivity index (χ0) is 18.1. The predicted octanol–water partition coefficient (Wildman–Crippen LogP) is 3.31. The van der Waals surface area contributed by atoms with Gasteiger partial charge in [0.1, 0.15) is 11.5 Å². The molecule has 0 unspecified atom stereocenters. The van der Waals surface area contributed by atoms with E-state index in [1.54, 1.807) is 60.7 Å². The van der Waals surface area contributed by atoms with Crippen molar-refractivity contribution in [1.29, 1.82) is 0 Å². The van der Waals surface area contributed by atoms with Crippen molar-refractivity contribution in [2.45, 2.75) is 0 Å². The summed E-state index contributed by atoms with van der Waals surface area (Å²) in [6.45, 7) is 7.95. The van der Waals surface area contributed by atoms with E-state index in [2.05, 4.69) is 23.8 Å². The third-order valence-corrected chi connectivity index (χ3v) is 3.28. The fourth-order valence-corrected chi connectivity index (χ4v) is 2.02. The molecule has 0 saturated heterocycles. The van der Waals surface area contributed by atoms with E-state index in [9.17, 15) is 9.59 Å². The third-order valence-electron chi connectivity index (χ3n) is 3.28. The van der Waals surface area contributed by atoms with Crippen LogP contribution >= 0.6 is 0 Å². The fourth-order valence-electron chi connectivity index (χ4n) is 2.02. The van der Waals surface area contributed by atoms with Crippen LogP contribution in [0.4, 0.5) is 0 Å². The van der Waals surface area contributed by atoms with Gasteiger partial charge < -0.3 is 15.4 Å². The van der Waals surface area contributed by atoms with Gasteiger partial charge in [-0.25, -0.2) is 0 Å². The molecule has 0 radical (unpaired) electrons. The number of carbonyl (C=O) groups excluding carboxylic acids is 2. The van der Waals surface area contributed by atoms with Crippen molar-refractivity contribution in [2.75, 3.05) is 13.1 Å². The second kappa shape index (κ2) is 9.08. The third kappa shape index (κ3) is 5.35. The Morgan fingerprint density at radius 3 is 1.44 bits per heavy atom. The van der Waals surface area contributed by atoms with Gasteiger partial charge in [0.25, 0.3) is 11.8 Å². The minimum absolute atomic E-state index is 0.165. The molecule has 0 bridgehead atoms. The molecule has 2 amide bonds. The van der Waals surface area contributed by atoms with Crippen molar-refractivity contribution < 1.29 is 14.3 Å². The molecule has 0 aliphatic rings. The molecule has 0 spiro atoms. The highest BCUT2D eigenvalue weighted by Crippen LogP contribution is 2.22. The lowest BCUT2D eigenvalue weighted by molar-refractivity contribution is 0.0950. The van der Waals surface area contributed by atoms with E-state index in [1.807, 2.05) is 0 Å². The summed E-state index contributed by atoms with van der Waals surface area (Å²) in [5, 5.41) is 5.41. The number of nitrogens with one attached hydrogen (secondary N) is 2. The van der Waals surface area contributed by atoms with E-state index in [0.717, 1.165) is 0 Å². The second-order valence-electron chi connectivity index (χ2n) is 5.15. The Kier molecular flexibility index (Phi) is 6.54. The Morgan fingerprint density at radius 1 is 0.760 bits per heavy atom. The van der Waals surface area contributed by atoms with Crippen LogP contribution in [-0.2, 0) is 0 Å². The highest BCUT2D eigenvalue weighted by atomic mass is 16.5. The number of rotatable bonds is 8. The van der Waals surface area contributed by atoms with Gasteiger partial charge in [0.15, 0.2) is 0 Å². The minimum Gasteiger partial charge on any atom is -0.457 e. The minimum atomic E-state index is -0.165. The van der Waals surface area contributed by atoms with Crippen molar-refractivity contribution in [3.8, 4) is 11.5 Å². The molecule has 0 aliphatic carbocycles. The smallest absolute Gasteiger partial charge is 0.251 e. The number of amides is 2. The van der Waals surface area contributed by atoms with Crippen molar-refractivity contribution in [3.63, 3.8) is 0 Å². The molecular formula is C20H20N2O3. The lowest BCUT2D eigenvalue weighted by Crippen LogP contribution is -2.23. The molecule has 0 aliphatic heterocycles. The number of ether oxygens (including phenoxy) is 1. The molecule has 0 fully saturated rings. The highest BCUT2D eigenvalue weighted by Gasteiger charge is 2.06. The van der Waals surface area contributed by atoms with Crippen LogP contribution in [-0.4, -0.2) is 24.9 Å². The number of hydrogen-bond acceptors (Lipinski definition) is 3. The first-order chi connectivity index (χ1) is 12.1. The Labute approximate surface area is 147 Å². The van der Waals surface area contributed by atoms with Gasteiger partial charge in [0.2, 0.25) is 0 Å². The number of hydrogen-bond donors (Lipinski definition) is 2. The summed E-state index contributed by atoms with van der Waals surface area (Å²) in [6.07, 6.45) is 3.24. The van der Waals surface area contributed by atoms with Crippen LogP contribution in [0.3, 0.4) is 0 Å². The molecular weight excluding hydrogens is 316 g/mol. The van der Waals surface area contributed by atoms with Crippen molar-refractivity contribution in [1.82, 2.24) is 10.6 Å². The van der Waals surface area contributed by atoms with Gasteiger partial charge >= 0.3 is 0 Å². The quantitative estimate of drug-likeness (QED) is 0.727. The van der Waals surface area contributed by atoms with Gasteiger partial charge in [-0.2, -0.15) is 0 Å². The Balaban J connectivity index is 1.97. The van der Waals surface area contributed by atoms with Gasteiger partial charge in [-0.1, -0.05) is 12.2 Å². The van der Waals surface area contributed by atoms with Gasteiger partial charge in [0, 0.05) is 24.2 Å². The molecule has 2 aromatic carbocycles. The summed E-state index contributed by atoms with van der Waals surface area (Å²) >= 11 is 0. The highest BCUT2D eigenvalue weighted by molar-refractivity contribution is 5.94. The second-order valence-corrected chi connectivity index (χ2v) is 5.15. The Hall–Kier alpha value is -3.34. The Morgan fingerprint density at radius 2 is 1.12 bits per heavy atom. The molecule has 128 valence electrons. The van der Waals surface area contributed by atoms with Crippen LogP contribution in [0.25, 0.3) is 0 Å². The van der Waals surface area contributed by atoms with Gasteiger partial charge in [-0.15, -0.1) is 13.2 Å². The van der Waals surface area contributed by atoms with E-state index in [1.165, 1.54) is 0 Å². The summed E-state index contributed by atoms with van der Waals surface area (Å²) in [5.74, 6) is 0.871. The van der Waals surface area contributed by atoms with E-state index in [-0.39, 0.29) is 11.8 Å². The number of benzene rings is 2. The maximum absolute atomic E-state index is 11.8. The van der Waals surface area contributed by atoms with E-state index < -0.39 is 0 Å². The van der Waals surface area contributed by atoms with Crippen molar-refractivity contribution in [2.24, 2.45) is 0 Å². The standard InChI is InChI=1S/C20H20N2O3/c1-3-13-21-19(23)15-5-9-17(10-6-15)25-18-11-7-16(8-12-18)20(24)22-14-4-2/h3-12H,1-2,13-14H2,(H,21,23)(H,22,24). The summed E-state index contributed by atoms with van der Waals surface area (Å²) in [4.78, 5) is 23.6. The van der Waals surface area contributed by atoms with E-state index in [4.69, 9.17) is 4.74 Å². The summed E-state index contributed by atoms with van der Waals surface area (Å²) in [7, 11) is 0. The lowest BCUT2D eigenvalue weighted by atomic mass is 10.2. The monoisotopic (exact) mass is 336 g/mol. The maximum atomic E-state index is 11.8. The average Bonchev–Trinajstić information content (AvgIpc) is 2.65. The van der Waals surface area contributed by atoms with Crippen LogP contribution in [0, 0.1) is 0 Å². The van der Waals surface area contributed by atoms with Crippen molar-refractivity contribution >= 4 is 11.8 Å². The molecule has 0 saturated carbocycles. The number of carbonyl (C=O) groups is 2. The zero-order valence-corrected chi connectivity index (χ0v) is 13.8. The largest absolute Gasteiger partial charge is 0.457 e. The van der Waals surface area contributed by atoms with Crippen LogP contribution < -0.4 is 15.4 Å². The van der Waals surface area contributed by atoms with Crippen LogP contribution in [0.15, 0.2) is 73.8 Å². The molecule has 5 heteroatoms. The van der Waals surface area contributed by atoms with Gasteiger partial charge in [-0.05, 0) is 48.5 Å². The first-order valence-corrected chi connectivity index (χ1v) is 7.80.